The molecule has 10 nitrogen and oxygen atoms in total. The molecule has 0 bridgehead atoms. The van der Waals surface area contributed by atoms with Gasteiger partial charge in [-0.2, -0.15) is 0 Å². The summed E-state index contributed by atoms with van der Waals surface area (Å²) in [6.45, 7) is 0.704. The summed E-state index contributed by atoms with van der Waals surface area (Å²) in [5, 5.41) is 38.1. The number of aliphatic hydroxyl groups excluding tert-OH is 3. The van der Waals surface area contributed by atoms with Gasteiger partial charge in [0.1, 0.15) is 30.5 Å². The third-order valence-electron chi connectivity index (χ3n) is 3.35. The Morgan fingerprint density at radius 3 is 2.43 bits per heavy atom. The maximum Gasteiger partial charge on any atom is 0.407 e. The van der Waals surface area contributed by atoms with E-state index >= 15 is 0 Å². The SMILES string of the molecule is C[C@@H](O[C@H]1[C@H](O)[C@@H](CO)O[C@@H](O)[C@@H]1N(C)C(=O)O)C(N)=O. The predicted octanol–water partition coefficient (Wildman–Crippen LogP) is -2.71. The normalized spacial score (nSPS) is 34.2. The molecule has 2 amide bonds. The minimum Gasteiger partial charge on any atom is -0.465 e. The van der Waals surface area contributed by atoms with E-state index in [0.717, 1.165) is 7.05 Å². The molecule has 0 aromatic rings. The van der Waals surface area contributed by atoms with E-state index in [2.05, 4.69) is 0 Å². The number of rotatable bonds is 5. The molecule has 122 valence electrons. The first kappa shape index (κ1) is 17.6. The van der Waals surface area contributed by atoms with Crippen LogP contribution in [0.15, 0.2) is 0 Å². The minimum absolute atomic E-state index is 0.619. The van der Waals surface area contributed by atoms with E-state index in [1.807, 2.05) is 0 Å². The standard InChI is InChI=1S/C11H20N2O8/c1-4(9(12)16)20-8-6(13(2)11(18)19)10(17)21-5(3-14)7(8)15/h4-8,10,14-15,17H,3H2,1-2H3,(H2,12,16)(H,18,19)/t4-,5-,6-,7-,8-,10-/m1/s1. The summed E-state index contributed by atoms with van der Waals surface area (Å²) >= 11 is 0. The first-order valence-electron chi connectivity index (χ1n) is 6.23. The number of carboxylic acid groups (broad SMARTS) is 1. The van der Waals surface area contributed by atoms with Crippen molar-refractivity contribution in [3.63, 3.8) is 0 Å². The van der Waals surface area contributed by atoms with Gasteiger partial charge in [-0.05, 0) is 6.92 Å². The third-order valence-corrected chi connectivity index (χ3v) is 3.35. The van der Waals surface area contributed by atoms with Crippen molar-refractivity contribution in [1.29, 1.82) is 0 Å². The Hall–Kier alpha value is -1.46. The van der Waals surface area contributed by atoms with Gasteiger partial charge in [0.2, 0.25) is 5.91 Å². The second-order valence-electron chi connectivity index (χ2n) is 4.77. The molecule has 0 radical (unpaired) electrons. The second-order valence-corrected chi connectivity index (χ2v) is 4.77. The molecule has 0 spiro atoms. The molecule has 6 atom stereocenters. The molecule has 1 rings (SSSR count). The minimum atomic E-state index is -1.64. The Morgan fingerprint density at radius 2 is 2.00 bits per heavy atom. The van der Waals surface area contributed by atoms with Crippen LogP contribution in [0.25, 0.3) is 0 Å². The van der Waals surface area contributed by atoms with Crippen molar-refractivity contribution in [2.24, 2.45) is 5.73 Å². The van der Waals surface area contributed by atoms with Crippen molar-refractivity contribution in [3.05, 3.63) is 0 Å². The van der Waals surface area contributed by atoms with Crippen LogP contribution in [0.5, 0.6) is 0 Å². The Bertz CT molecular complexity index is 392. The van der Waals surface area contributed by atoms with E-state index < -0.39 is 55.4 Å². The lowest BCUT2D eigenvalue weighted by Gasteiger charge is -2.45. The molecule has 0 unspecified atom stereocenters. The number of carbonyl (C=O) groups is 2. The number of ether oxygens (including phenoxy) is 2. The molecular formula is C11H20N2O8. The Kier molecular flexibility index (Phi) is 5.87. The van der Waals surface area contributed by atoms with Gasteiger partial charge in [-0.15, -0.1) is 0 Å². The quantitative estimate of drug-likeness (QED) is 0.366. The Labute approximate surface area is 120 Å². The maximum atomic E-state index is 11.1. The molecule has 6 N–H and O–H groups in total. The molecule has 21 heavy (non-hydrogen) atoms. The summed E-state index contributed by atoms with van der Waals surface area (Å²) in [4.78, 5) is 22.8. The highest BCUT2D eigenvalue weighted by molar-refractivity contribution is 5.78. The fraction of sp³-hybridized carbons (Fsp3) is 0.818. The van der Waals surface area contributed by atoms with Crippen molar-refractivity contribution < 1.29 is 39.5 Å². The highest BCUT2D eigenvalue weighted by atomic mass is 16.6. The van der Waals surface area contributed by atoms with Crippen LogP contribution in [0.1, 0.15) is 6.92 Å². The van der Waals surface area contributed by atoms with Crippen LogP contribution >= 0.6 is 0 Å². The zero-order valence-corrected chi connectivity index (χ0v) is 11.6. The van der Waals surface area contributed by atoms with E-state index in [-0.39, 0.29) is 0 Å². The zero-order valence-electron chi connectivity index (χ0n) is 11.6. The summed E-state index contributed by atoms with van der Waals surface area (Å²) in [6.07, 6.45) is -8.08. The van der Waals surface area contributed by atoms with E-state index in [4.69, 9.17) is 25.4 Å². The number of carbonyl (C=O) groups excluding carboxylic acids is 1. The number of primary amides is 1. The fourth-order valence-corrected chi connectivity index (χ4v) is 2.07. The number of nitrogens with zero attached hydrogens (tertiary/aromatic N) is 1. The van der Waals surface area contributed by atoms with E-state index in [0.29, 0.717) is 4.90 Å². The van der Waals surface area contributed by atoms with E-state index in [1.165, 1.54) is 6.92 Å². The van der Waals surface area contributed by atoms with Gasteiger partial charge < -0.3 is 40.5 Å². The summed E-state index contributed by atoms with van der Waals surface area (Å²) in [5.74, 6) is -0.819. The molecule has 0 aliphatic carbocycles. The van der Waals surface area contributed by atoms with Crippen LogP contribution in [0.2, 0.25) is 0 Å². The lowest BCUT2D eigenvalue weighted by atomic mass is 9.95. The summed E-state index contributed by atoms with van der Waals surface area (Å²) in [5.41, 5.74) is 5.06. The van der Waals surface area contributed by atoms with Gasteiger partial charge in [-0.1, -0.05) is 0 Å². The van der Waals surface area contributed by atoms with Gasteiger partial charge in [0.25, 0.3) is 0 Å². The lowest BCUT2D eigenvalue weighted by molar-refractivity contribution is -0.278. The highest BCUT2D eigenvalue weighted by Gasteiger charge is 2.49. The molecule has 1 heterocycles. The molecule has 0 aromatic heterocycles. The van der Waals surface area contributed by atoms with Crippen molar-refractivity contribution in [2.75, 3.05) is 13.7 Å². The maximum absolute atomic E-state index is 11.1. The average Bonchev–Trinajstić information content (AvgIpc) is 2.41. The number of aliphatic hydroxyl groups is 3. The number of hydrogen-bond donors (Lipinski definition) is 5. The largest absolute Gasteiger partial charge is 0.465 e. The number of amides is 2. The molecular weight excluding hydrogens is 288 g/mol. The van der Waals surface area contributed by atoms with Crippen LogP contribution in [-0.4, -0.2) is 87.7 Å². The van der Waals surface area contributed by atoms with Gasteiger partial charge in [0.15, 0.2) is 6.29 Å². The van der Waals surface area contributed by atoms with Gasteiger partial charge in [-0.25, -0.2) is 4.79 Å². The van der Waals surface area contributed by atoms with Crippen molar-refractivity contribution in [1.82, 2.24) is 4.90 Å². The average molecular weight is 308 g/mol. The van der Waals surface area contributed by atoms with Crippen LogP contribution < -0.4 is 5.73 Å². The number of likely N-dealkylation sites (N-methyl/N-ethyl adjacent to an activating group) is 1. The van der Waals surface area contributed by atoms with Crippen molar-refractivity contribution >= 4 is 12.0 Å². The Morgan fingerprint density at radius 1 is 1.43 bits per heavy atom. The monoisotopic (exact) mass is 308 g/mol. The molecule has 1 aliphatic rings. The summed E-state index contributed by atoms with van der Waals surface area (Å²) < 4.78 is 10.2. The number of hydrogen-bond acceptors (Lipinski definition) is 7. The molecule has 1 saturated heterocycles. The number of nitrogens with two attached hydrogens (primary N) is 1. The van der Waals surface area contributed by atoms with E-state index in [1.54, 1.807) is 0 Å². The predicted molar refractivity (Wildman–Crippen MR) is 67.1 cm³/mol. The molecule has 10 heteroatoms. The van der Waals surface area contributed by atoms with Gasteiger partial charge in [-0.3, -0.25) is 4.79 Å². The first-order chi connectivity index (χ1) is 9.70. The molecule has 1 fully saturated rings. The first-order valence-corrected chi connectivity index (χ1v) is 6.23. The van der Waals surface area contributed by atoms with Gasteiger partial charge in [0, 0.05) is 7.05 Å². The van der Waals surface area contributed by atoms with Crippen LogP contribution in [0, 0.1) is 0 Å². The molecule has 1 aliphatic heterocycles. The summed E-state index contributed by atoms with van der Waals surface area (Å²) in [7, 11) is 1.15. The molecule has 0 saturated carbocycles. The summed E-state index contributed by atoms with van der Waals surface area (Å²) in [6, 6.07) is -1.29. The zero-order chi connectivity index (χ0) is 16.3. The Balaban J connectivity index is 3.04. The van der Waals surface area contributed by atoms with Crippen LogP contribution in [-0.2, 0) is 14.3 Å². The van der Waals surface area contributed by atoms with E-state index in [9.17, 15) is 19.8 Å². The topological polar surface area (TPSA) is 163 Å². The van der Waals surface area contributed by atoms with Crippen molar-refractivity contribution in [3.8, 4) is 0 Å². The van der Waals surface area contributed by atoms with Gasteiger partial charge in [0.05, 0.1) is 6.61 Å². The van der Waals surface area contributed by atoms with Crippen LogP contribution in [0.3, 0.4) is 0 Å². The third kappa shape index (κ3) is 3.80. The van der Waals surface area contributed by atoms with Gasteiger partial charge >= 0.3 is 6.09 Å². The molecule has 0 aromatic carbocycles. The lowest BCUT2D eigenvalue weighted by Crippen LogP contribution is -2.65. The smallest absolute Gasteiger partial charge is 0.407 e. The highest BCUT2D eigenvalue weighted by Crippen LogP contribution is 2.26. The van der Waals surface area contributed by atoms with Crippen molar-refractivity contribution in [2.45, 2.75) is 43.7 Å². The van der Waals surface area contributed by atoms with Crippen LogP contribution in [0.4, 0.5) is 4.79 Å². The fourth-order valence-electron chi connectivity index (χ4n) is 2.07. The second kappa shape index (κ2) is 7.00.